The number of aromatic nitrogens is 5. The van der Waals surface area contributed by atoms with E-state index in [2.05, 4.69) is 30.8 Å². The molecule has 10 heteroatoms. The fourth-order valence-corrected chi connectivity index (χ4v) is 4.15. The van der Waals surface area contributed by atoms with Crippen molar-refractivity contribution in [2.75, 3.05) is 5.32 Å². The molecule has 0 atom stereocenters. The van der Waals surface area contributed by atoms with Crippen molar-refractivity contribution >= 4 is 28.4 Å². The van der Waals surface area contributed by atoms with Crippen molar-refractivity contribution in [1.29, 1.82) is 0 Å². The highest BCUT2D eigenvalue weighted by Crippen LogP contribution is 2.25. The van der Waals surface area contributed by atoms with Gasteiger partial charge in [-0.2, -0.15) is 5.10 Å². The number of hydrogen-bond donors (Lipinski definition) is 3. The van der Waals surface area contributed by atoms with Gasteiger partial charge in [0.2, 0.25) is 0 Å². The molecule has 4 aromatic rings. The Hall–Kier alpha value is -3.56. The molecule has 4 aromatic heterocycles. The number of rotatable bonds is 5. The fraction of sp³-hybridized carbons (Fsp3) is 0.333. The lowest BCUT2D eigenvalue weighted by molar-refractivity contribution is 0.0928. The molecule has 0 aromatic carbocycles. The molecule has 0 unspecified atom stereocenters. The first-order chi connectivity index (χ1) is 15.1. The molecule has 160 valence electrons. The summed E-state index contributed by atoms with van der Waals surface area (Å²) in [6.45, 7) is 0. The molecule has 3 N–H and O–H groups in total. The van der Waals surface area contributed by atoms with Gasteiger partial charge in [0.25, 0.3) is 12.3 Å². The fourth-order valence-electron chi connectivity index (χ4n) is 4.15. The quantitative estimate of drug-likeness (QED) is 0.453. The van der Waals surface area contributed by atoms with Gasteiger partial charge in [-0.15, -0.1) is 0 Å². The largest absolute Gasteiger partial charge is 0.368 e. The lowest BCUT2D eigenvalue weighted by atomic mass is 9.91. The molecule has 1 aliphatic rings. The van der Waals surface area contributed by atoms with Crippen LogP contribution in [0.4, 0.5) is 14.6 Å². The maximum atomic E-state index is 13.0. The Morgan fingerprint density at radius 1 is 1.16 bits per heavy atom. The number of halogens is 2. The van der Waals surface area contributed by atoms with Gasteiger partial charge in [-0.05, 0) is 43.9 Å². The summed E-state index contributed by atoms with van der Waals surface area (Å²) in [7, 11) is 0. The standard InChI is InChI=1S/C21H21F2N7O/c22-20(23)16-11-30-17(2-1-3-18(30)28-16)26-12-4-6-13(7-5-12)27-21(31)14-8-9-24-15-10-25-29-19(14)15/h1-3,8-13,20,26H,4-7H2,(H,25,29)(H,27,31). The molecule has 1 fully saturated rings. The van der Waals surface area contributed by atoms with Crippen LogP contribution in [0.3, 0.4) is 0 Å². The van der Waals surface area contributed by atoms with Gasteiger partial charge in [0.15, 0.2) is 0 Å². The number of nitrogens with one attached hydrogen (secondary N) is 3. The lowest BCUT2D eigenvalue weighted by Crippen LogP contribution is -2.40. The van der Waals surface area contributed by atoms with Crippen molar-refractivity contribution in [2.24, 2.45) is 0 Å². The van der Waals surface area contributed by atoms with Gasteiger partial charge >= 0.3 is 0 Å². The summed E-state index contributed by atoms with van der Waals surface area (Å²) in [4.78, 5) is 20.9. The SMILES string of the molecule is O=C(NC1CCC(Nc2cccc3nc(C(F)F)cn23)CC1)c1ccnc2cn[nH]c12. The summed E-state index contributed by atoms with van der Waals surface area (Å²) in [5.41, 5.74) is 2.08. The van der Waals surface area contributed by atoms with Crippen molar-refractivity contribution < 1.29 is 13.6 Å². The predicted molar refractivity (Wildman–Crippen MR) is 111 cm³/mol. The Balaban J connectivity index is 1.22. The van der Waals surface area contributed by atoms with E-state index in [9.17, 15) is 13.6 Å². The van der Waals surface area contributed by atoms with Gasteiger partial charge in [0.05, 0.1) is 17.3 Å². The number of imidazole rings is 1. The minimum absolute atomic E-state index is 0.0751. The predicted octanol–water partition coefficient (Wildman–Crippen LogP) is 3.70. The van der Waals surface area contributed by atoms with Crippen molar-refractivity contribution in [3.05, 3.63) is 54.1 Å². The number of hydrogen-bond acceptors (Lipinski definition) is 5. The Bertz CT molecular complexity index is 1230. The molecule has 1 amide bonds. The van der Waals surface area contributed by atoms with Gasteiger partial charge in [0, 0.05) is 24.5 Å². The van der Waals surface area contributed by atoms with E-state index in [1.54, 1.807) is 35.0 Å². The zero-order valence-corrected chi connectivity index (χ0v) is 16.6. The van der Waals surface area contributed by atoms with Crippen LogP contribution in [0.25, 0.3) is 16.7 Å². The average molecular weight is 425 g/mol. The van der Waals surface area contributed by atoms with Gasteiger partial charge in [-0.3, -0.25) is 19.3 Å². The minimum Gasteiger partial charge on any atom is -0.368 e. The second-order valence-corrected chi connectivity index (χ2v) is 7.76. The minimum atomic E-state index is -2.60. The van der Waals surface area contributed by atoms with E-state index in [4.69, 9.17) is 0 Å². The third kappa shape index (κ3) is 3.80. The molecule has 5 rings (SSSR count). The first-order valence-corrected chi connectivity index (χ1v) is 10.2. The highest BCUT2D eigenvalue weighted by molar-refractivity contribution is 6.04. The van der Waals surface area contributed by atoms with E-state index in [-0.39, 0.29) is 23.7 Å². The molecule has 4 heterocycles. The molecule has 0 bridgehead atoms. The van der Waals surface area contributed by atoms with Crippen molar-refractivity contribution in [3.63, 3.8) is 0 Å². The number of carbonyl (C=O) groups is 1. The van der Waals surface area contributed by atoms with Crippen LogP contribution in [-0.4, -0.2) is 42.6 Å². The van der Waals surface area contributed by atoms with E-state index >= 15 is 0 Å². The number of aromatic amines is 1. The van der Waals surface area contributed by atoms with E-state index in [1.807, 2.05) is 6.07 Å². The summed E-state index contributed by atoms with van der Waals surface area (Å²) >= 11 is 0. The van der Waals surface area contributed by atoms with E-state index in [0.717, 1.165) is 31.5 Å². The zero-order valence-electron chi connectivity index (χ0n) is 16.6. The molecule has 31 heavy (non-hydrogen) atoms. The van der Waals surface area contributed by atoms with Crippen LogP contribution in [-0.2, 0) is 0 Å². The second-order valence-electron chi connectivity index (χ2n) is 7.76. The Morgan fingerprint density at radius 3 is 2.77 bits per heavy atom. The summed E-state index contributed by atoms with van der Waals surface area (Å²) in [6.07, 6.45) is 5.32. The molecule has 0 aliphatic heterocycles. The van der Waals surface area contributed by atoms with Crippen LogP contribution < -0.4 is 10.6 Å². The van der Waals surface area contributed by atoms with Crippen LogP contribution in [0.1, 0.15) is 48.2 Å². The summed E-state index contributed by atoms with van der Waals surface area (Å²) in [6, 6.07) is 7.32. The zero-order chi connectivity index (χ0) is 21.4. The number of H-pyrrole nitrogens is 1. The Labute approximate surface area is 176 Å². The van der Waals surface area contributed by atoms with Gasteiger partial charge in [-0.25, -0.2) is 13.8 Å². The maximum Gasteiger partial charge on any atom is 0.281 e. The number of amides is 1. The van der Waals surface area contributed by atoms with Crippen LogP contribution >= 0.6 is 0 Å². The van der Waals surface area contributed by atoms with Gasteiger partial charge in [0.1, 0.15) is 22.7 Å². The lowest BCUT2D eigenvalue weighted by Gasteiger charge is -2.30. The number of carbonyl (C=O) groups excluding carboxylic acids is 1. The van der Waals surface area contributed by atoms with E-state index < -0.39 is 6.43 Å². The second kappa shape index (κ2) is 7.93. The first kappa shape index (κ1) is 19.4. The van der Waals surface area contributed by atoms with Crippen molar-refractivity contribution in [1.82, 2.24) is 29.9 Å². The number of alkyl halides is 2. The highest BCUT2D eigenvalue weighted by atomic mass is 19.3. The highest BCUT2D eigenvalue weighted by Gasteiger charge is 2.24. The smallest absolute Gasteiger partial charge is 0.281 e. The molecule has 1 saturated carbocycles. The van der Waals surface area contributed by atoms with Gasteiger partial charge in [-0.1, -0.05) is 6.07 Å². The van der Waals surface area contributed by atoms with Crippen LogP contribution in [0.15, 0.2) is 42.9 Å². The van der Waals surface area contributed by atoms with E-state index in [1.165, 1.54) is 6.20 Å². The monoisotopic (exact) mass is 425 g/mol. The van der Waals surface area contributed by atoms with Crippen LogP contribution in [0.5, 0.6) is 0 Å². The number of pyridine rings is 2. The molecular formula is C21H21F2N7O. The first-order valence-electron chi connectivity index (χ1n) is 10.2. The summed E-state index contributed by atoms with van der Waals surface area (Å²) in [5, 5.41) is 13.3. The van der Waals surface area contributed by atoms with E-state index in [0.29, 0.717) is 22.2 Å². The summed E-state index contributed by atoms with van der Waals surface area (Å²) in [5.74, 6) is 0.596. The van der Waals surface area contributed by atoms with Gasteiger partial charge < -0.3 is 10.6 Å². The number of fused-ring (bicyclic) bond motifs is 2. The molecular weight excluding hydrogens is 404 g/mol. The molecule has 0 spiro atoms. The third-order valence-corrected chi connectivity index (χ3v) is 5.74. The number of anilines is 1. The molecule has 0 saturated heterocycles. The summed E-state index contributed by atoms with van der Waals surface area (Å²) < 4.78 is 27.6. The Kier molecular flexibility index (Phi) is 4.97. The molecule has 0 radical (unpaired) electrons. The van der Waals surface area contributed by atoms with Crippen molar-refractivity contribution in [2.45, 2.75) is 44.2 Å². The molecule has 1 aliphatic carbocycles. The topological polar surface area (TPSA) is 100 Å². The van der Waals surface area contributed by atoms with Crippen molar-refractivity contribution in [3.8, 4) is 0 Å². The normalized spacial score (nSPS) is 19.2. The third-order valence-electron chi connectivity index (χ3n) is 5.74. The maximum absolute atomic E-state index is 13.0. The van der Waals surface area contributed by atoms with Crippen LogP contribution in [0, 0.1) is 0 Å². The number of nitrogens with zero attached hydrogens (tertiary/aromatic N) is 4. The molecule has 8 nitrogen and oxygen atoms in total. The average Bonchev–Trinajstić information content (AvgIpc) is 3.42. The van der Waals surface area contributed by atoms with Crippen LogP contribution in [0.2, 0.25) is 0 Å². The Morgan fingerprint density at radius 2 is 1.97 bits per heavy atom.